The molecule has 0 saturated carbocycles. The molecule has 0 bridgehead atoms. The van der Waals surface area contributed by atoms with Gasteiger partial charge in [-0.1, -0.05) is 60.7 Å². The predicted molar refractivity (Wildman–Crippen MR) is 215 cm³/mol. The maximum Gasteiger partial charge on any atom is 0.224 e. The largest absolute Gasteiger partial charge is 0.366 e. The number of rotatable bonds is 10. The Morgan fingerprint density at radius 3 is 1.45 bits per heavy atom. The Balaban J connectivity index is 0.000000164. The van der Waals surface area contributed by atoms with Crippen molar-refractivity contribution in [2.24, 2.45) is 0 Å². The van der Waals surface area contributed by atoms with E-state index < -0.39 is 0 Å². The number of fused-ring (bicyclic) bond motifs is 2. The lowest BCUT2D eigenvalue weighted by Gasteiger charge is -2.12. The predicted octanol–water partition coefficient (Wildman–Crippen LogP) is 7.23. The lowest BCUT2D eigenvalue weighted by atomic mass is 10.1. The molecule has 8 aromatic rings. The standard InChI is InChI=1S/C19H18BrN7.C18H16BrN7/c1-26(2)19-22-10-13(11-23-19)9-21-17-8-16(14-6-4-3-5-7-14)25-18-15(20)12-24-27(17)18;1-20-18-22-9-12(10-23-18)8-21-16-7-15(13-5-3-2-4-6-13)25-17-14(19)11-24-26(16)17/h3-8,10-12,21H,9H2,1-2H3;2-7,9-11,21H,8H2,1H3,(H,20,22,23). The highest BCUT2D eigenvalue weighted by Crippen LogP contribution is 2.27. The molecule has 0 radical (unpaired) electrons. The van der Waals surface area contributed by atoms with Crippen LogP contribution in [0, 0.1) is 0 Å². The van der Waals surface area contributed by atoms with Gasteiger partial charge in [-0.15, -0.1) is 0 Å². The van der Waals surface area contributed by atoms with E-state index in [0.717, 1.165) is 65.5 Å². The van der Waals surface area contributed by atoms with Gasteiger partial charge in [-0.25, -0.2) is 29.9 Å². The number of hydrogen-bond acceptors (Lipinski definition) is 12. The van der Waals surface area contributed by atoms with E-state index in [1.807, 2.05) is 104 Å². The van der Waals surface area contributed by atoms with E-state index >= 15 is 0 Å². The van der Waals surface area contributed by atoms with E-state index in [1.54, 1.807) is 40.9 Å². The molecule has 16 heteroatoms. The highest BCUT2D eigenvalue weighted by Gasteiger charge is 2.13. The van der Waals surface area contributed by atoms with Gasteiger partial charge < -0.3 is 20.9 Å². The molecule has 0 aliphatic carbocycles. The van der Waals surface area contributed by atoms with E-state index in [2.05, 4.69) is 77.9 Å². The number of benzene rings is 2. The fourth-order valence-electron chi connectivity index (χ4n) is 5.27. The smallest absolute Gasteiger partial charge is 0.224 e. The monoisotopic (exact) mass is 832 g/mol. The quantitative estimate of drug-likeness (QED) is 0.128. The molecule has 6 heterocycles. The molecule has 8 rings (SSSR count). The molecule has 0 amide bonds. The second-order valence-corrected chi connectivity index (χ2v) is 13.6. The summed E-state index contributed by atoms with van der Waals surface area (Å²) in [7, 11) is 5.63. The molecule has 0 aliphatic heterocycles. The Hall–Kier alpha value is -6.00. The van der Waals surface area contributed by atoms with Gasteiger partial charge in [0.05, 0.1) is 32.7 Å². The van der Waals surface area contributed by atoms with Crippen molar-refractivity contribution in [1.82, 2.24) is 49.1 Å². The van der Waals surface area contributed by atoms with Crippen LogP contribution >= 0.6 is 31.9 Å². The maximum atomic E-state index is 4.74. The number of nitrogens with zero attached hydrogens (tertiary/aromatic N) is 11. The van der Waals surface area contributed by atoms with Crippen molar-refractivity contribution >= 4 is 66.7 Å². The average molecular weight is 835 g/mol. The van der Waals surface area contributed by atoms with Gasteiger partial charge in [-0.3, -0.25) is 0 Å². The lowest BCUT2D eigenvalue weighted by molar-refractivity contribution is 0.918. The second-order valence-electron chi connectivity index (χ2n) is 11.9. The average Bonchev–Trinajstić information content (AvgIpc) is 3.78. The van der Waals surface area contributed by atoms with Crippen LogP contribution in [-0.4, -0.2) is 70.3 Å². The van der Waals surface area contributed by atoms with E-state index in [4.69, 9.17) is 9.97 Å². The summed E-state index contributed by atoms with van der Waals surface area (Å²) in [5.41, 5.74) is 7.34. The van der Waals surface area contributed by atoms with Crippen LogP contribution in [0.15, 0.2) is 119 Å². The number of aromatic nitrogens is 10. The van der Waals surface area contributed by atoms with Crippen LogP contribution in [0.1, 0.15) is 11.1 Å². The van der Waals surface area contributed by atoms with Gasteiger partial charge in [-0.2, -0.15) is 19.2 Å². The molecule has 53 heavy (non-hydrogen) atoms. The Kier molecular flexibility index (Phi) is 10.8. The van der Waals surface area contributed by atoms with Crippen molar-refractivity contribution < 1.29 is 0 Å². The van der Waals surface area contributed by atoms with Gasteiger partial charge in [0.1, 0.15) is 11.6 Å². The van der Waals surface area contributed by atoms with Crippen LogP contribution in [0.3, 0.4) is 0 Å². The minimum Gasteiger partial charge on any atom is -0.366 e. The SMILES string of the molecule is CN(C)c1ncc(CNc2cc(-c3ccccc3)nc3c(Br)cnn23)cn1.CNc1ncc(CNc2cc(-c3ccccc3)nc3c(Br)cnn23)cn1. The van der Waals surface area contributed by atoms with Gasteiger partial charge in [-0.05, 0) is 31.9 Å². The van der Waals surface area contributed by atoms with Crippen molar-refractivity contribution in [1.29, 1.82) is 0 Å². The van der Waals surface area contributed by atoms with Crippen LogP contribution in [0.4, 0.5) is 23.5 Å². The van der Waals surface area contributed by atoms with Crippen LogP contribution < -0.4 is 20.9 Å². The van der Waals surface area contributed by atoms with Crippen LogP contribution in [0.25, 0.3) is 33.8 Å². The Morgan fingerprint density at radius 2 is 1.04 bits per heavy atom. The zero-order valence-corrected chi connectivity index (χ0v) is 32.2. The first kappa shape index (κ1) is 35.4. The summed E-state index contributed by atoms with van der Waals surface area (Å²) in [5, 5.41) is 18.5. The van der Waals surface area contributed by atoms with Crippen LogP contribution in [0.2, 0.25) is 0 Å². The molecule has 6 aromatic heterocycles. The number of anilines is 4. The van der Waals surface area contributed by atoms with Crippen molar-refractivity contribution in [2.75, 3.05) is 42.0 Å². The zero-order chi connectivity index (χ0) is 36.7. The van der Waals surface area contributed by atoms with E-state index in [1.165, 1.54) is 0 Å². The van der Waals surface area contributed by atoms with Gasteiger partial charge in [0.2, 0.25) is 11.9 Å². The molecule has 0 saturated heterocycles. The van der Waals surface area contributed by atoms with Gasteiger partial charge >= 0.3 is 0 Å². The minimum atomic E-state index is 0.578. The molecule has 0 spiro atoms. The molecular formula is C37H34Br2N14. The summed E-state index contributed by atoms with van der Waals surface area (Å²) in [4.78, 5) is 28.5. The third kappa shape index (κ3) is 8.23. The van der Waals surface area contributed by atoms with Crippen molar-refractivity contribution in [3.63, 3.8) is 0 Å². The summed E-state index contributed by atoms with van der Waals surface area (Å²) >= 11 is 7.05. The molecule has 266 valence electrons. The molecule has 0 aliphatic rings. The summed E-state index contributed by atoms with van der Waals surface area (Å²) in [6, 6.07) is 24.1. The molecule has 14 nitrogen and oxygen atoms in total. The van der Waals surface area contributed by atoms with Crippen molar-refractivity contribution in [2.45, 2.75) is 13.1 Å². The summed E-state index contributed by atoms with van der Waals surface area (Å²) in [5.74, 6) is 2.98. The number of nitrogens with one attached hydrogen (secondary N) is 3. The lowest BCUT2D eigenvalue weighted by Crippen LogP contribution is -2.13. The Bertz CT molecular complexity index is 2430. The second kappa shape index (κ2) is 16.1. The topological polar surface area (TPSA) is 151 Å². The van der Waals surface area contributed by atoms with Gasteiger partial charge in [0, 0.05) is 93.4 Å². The zero-order valence-electron chi connectivity index (χ0n) is 29.0. The first-order valence-electron chi connectivity index (χ1n) is 16.5. The number of halogens is 2. The highest BCUT2D eigenvalue weighted by molar-refractivity contribution is 9.11. The summed E-state index contributed by atoms with van der Waals surface area (Å²) < 4.78 is 5.26. The number of hydrogen-bond donors (Lipinski definition) is 3. The summed E-state index contributed by atoms with van der Waals surface area (Å²) in [6.45, 7) is 1.16. The Labute approximate surface area is 322 Å². The molecule has 0 fully saturated rings. The molecular weight excluding hydrogens is 800 g/mol. The van der Waals surface area contributed by atoms with Crippen LogP contribution in [0.5, 0.6) is 0 Å². The van der Waals surface area contributed by atoms with Gasteiger partial charge in [0.25, 0.3) is 0 Å². The van der Waals surface area contributed by atoms with E-state index in [0.29, 0.717) is 25.0 Å². The first-order chi connectivity index (χ1) is 25.9. The normalized spacial score (nSPS) is 10.9. The van der Waals surface area contributed by atoms with Gasteiger partial charge in [0.15, 0.2) is 11.3 Å². The molecule has 0 unspecified atom stereocenters. The van der Waals surface area contributed by atoms with Crippen LogP contribution in [-0.2, 0) is 13.1 Å². The minimum absolute atomic E-state index is 0.578. The summed E-state index contributed by atoms with van der Waals surface area (Å²) in [6.07, 6.45) is 10.7. The molecule has 3 N–H and O–H groups in total. The fraction of sp³-hybridized carbons (Fsp3) is 0.135. The Morgan fingerprint density at radius 1 is 0.604 bits per heavy atom. The third-order valence-electron chi connectivity index (χ3n) is 7.96. The van der Waals surface area contributed by atoms with Crippen molar-refractivity contribution in [3.8, 4) is 22.5 Å². The third-order valence-corrected chi connectivity index (χ3v) is 9.08. The molecule has 0 atom stereocenters. The first-order valence-corrected chi connectivity index (χ1v) is 18.1. The van der Waals surface area contributed by atoms with E-state index in [-0.39, 0.29) is 0 Å². The highest BCUT2D eigenvalue weighted by atomic mass is 79.9. The maximum absolute atomic E-state index is 4.74. The van der Waals surface area contributed by atoms with E-state index in [9.17, 15) is 0 Å². The van der Waals surface area contributed by atoms with Crippen molar-refractivity contribution in [3.05, 3.63) is 130 Å². The fourth-order valence-corrected chi connectivity index (χ4v) is 5.96. The molecule has 2 aromatic carbocycles.